The van der Waals surface area contributed by atoms with Crippen molar-refractivity contribution in [3.8, 4) is 51.0 Å². The van der Waals surface area contributed by atoms with Crippen LogP contribution >= 0.6 is 0 Å². The second-order valence-electron chi connectivity index (χ2n) is 17.6. The van der Waals surface area contributed by atoms with Crippen LogP contribution in [0.1, 0.15) is 51.7 Å². The van der Waals surface area contributed by atoms with Gasteiger partial charge in [0.15, 0.2) is 17.5 Å². The number of fused-ring (bicyclic) bond motifs is 6. The summed E-state index contributed by atoms with van der Waals surface area (Å²) in [6.45, 7) is 9.62. The number of para-hydroxylation sites is 1. The Bertz CT molecular complexity index is 3280. The van der Waals surface area contributed by atoms with Gasteiger partial charge in [0.05, 0.1) is 11.0 Å². The molecule has 4 nitrogen and oxygen atoms in total. The first-order valence-corrected chi connectivity index (χ1v) is 20.7. The van der Waals surface area contributed by atoms with Crippen LogP contribution in [0.5, 0.6) is 0 Å². The van der Waals surface area contributed by atoms with Gasteiger partial charge in [0.2, 0.25) is 0 Å². The molecule has 2 aromatic heterocycles. The summed E-state index contributed by atoms with van der Waals surface area (Å²) in [5, 5.41) is 7.36. The average Bonchev–Trinajstić information content (AvgIpc) is 3.61. The molecule has 10 aromatic rings. The second kappa shape index (κ2) is 13.3. The number of hydrogen-bond acceptors (Lipinski definition) is 3. The van der Waals surface area contributed by atoms with Crippen LogP contribution in [0, 0.1) is 0 Å². The quantitative estimate of drug-likeness (QED) is 0.175. The minimum Gasteiger partial charge on any atom is -0.309 e. The highest BCUT2D eigenvalue weighted by molar-refractivity contribution is 6.10. The van der Waals surface area contributed by atoms with Gasteiger partial charge in [-0.05, 0) is 110 Å². The third-order valence-electron chi connectivity index (χ3n) is 12.9. The van der Waals surface area contributed by atoms with E-state index in [0.29, 0.717) is 17.5 Å². The van der Waals surface area contributed by atoms with Crippen molar-refractivity contribution in [1.82, 2.24) is 19.5 Å². The fourth-order valence-corrected chi connectivity index (χ4v) is 9.36. The Morgan fingerprint density at radius 3 is 1.56 bits per heavy atom. The summed E-state index contributed by atoms with van der Waals surface area (Å²) in [5.41, 5.74) is 11.8. The Balaban J connectivity index is 1.06. The van der Waals surface area contributed by atoms with Crippen LogP contribution in [0.4, 0.5) is 0 Å². The van der Waals surface area contributed by atoms with Crippen LogP contribution in [-0.2, 0) is 10.8 Å². The van der Waals surface area contributed by atoms with Crippen LogP contribution in [0.15, 0.2) is 170 Å². The van der Waals surface area contributed by atoms with Gasteiger partial charge < -0.3 is 4.57 Å². The summed E-state index contributed by atoms with van der Waals surface area (Å²) in [6.07, 6.45) is 2.35. The molecule has 1 aliphatic carbocycles. The van der Waals surface area contributed by atoms with Gasteiger partial charge in [0.25, 0.3) is 0 Å². The average molecular weight is 761 g/mol. The predicted octanol–water partition coefficient (Wildman–Crippen LogP) is 14.3. The van der Waals surface area contributed by atoms with Crippen molar-refractivity contribution in [1.29, 1.82) is 0 Å². The van der Waals surface area contributed by atoms with E-state index < -0.39 is 0 Å². The van der Waals surface area contributed by atoms with Crippen LogP contribution in [-0.4, -0.2) is 19.5 Å². The van der Waals surface area contributed by atoms with Gasteiger partial charge in [0.1, 0.15) is 0 Å². The molecule has 11 rings (SSSR count). The van der Waals surface area contributed by atoms with E-state index in [1.54, 1.807) is 0 Å². The highest BCUT2D eigenvalue weighted by Crippen LogP contribution is 2.48. The summed E-state index contributed by atoms with van der Waals surface area (Å²) < 4.78 is 2.43. The monoisotopic (exact) mass is 760 g/mol. The van der Waals surface area contributed by atoms with Crippen molar-refractivity contribution in [2.24, 2.45) is 0 Å². The molecule has 0 atom stereocenters. The largest absolute Gasteiger partial charge is 0.309 e. The lowest BCUT2D eigenvalue weighted by Gasteiger charge is -2.42. The first-order chi connectivity index (χ1) is 28.7. The Hall–Kier alpha value is -6.91. The molecule has 0 radical (unpaired) electrons. The van der Waals surface area contributed by atoms with Gasteiger partial charge in [-0.15, -0.1) is 0 Å². The maximum Gasteiger partial charge on any atom is 0.164 e. The predicted molar refractivity (Wildman–Crippen MR) is 246 cm³/mol. The van der Waals surface area contributed by atoms with E-state index in [4.69, 9.17) is 15.0 Å². The molecule has 0 saturated heterocycles. The number of rotatable bonds is 5. The first-order valence-electron chi connectivity index (χ1n) is 20.7. The van der Waals surface area contributed by atoms with Crippen molar-refractivity contribution >= 4 is 43.4 Å². The van der Waals surface area contributed by atoms with E-state index in [0.717, 1.165) is 33.3 Å². The van der Waals surface area contributed by atoms with E-state index in [1.807, 2.05) is 0 Å². The van der Waals surface area contributed by atoms with Crippen LogP contribution in [0.25, 0.3) is 94.3 Å². The van der Waals surface area contributed by atoms with Gasteiger partial charge >= 0.3 is 0 Å². The maximum atomic E-state index is 5.21. The molecule has 4 heteroatoms. The van der Waals surface area contributed by atoms with Crippen molar-refractivity contribution in [2.75, 3.05) is 0 Å². The Labute approximate surface area is 344 Å². The van der Waals surface area contributed by atoms with Gasteiger partial charge in [-0.25, -0.2) is 15.0 Å². The molecule has 0 amide bonds. The minimum atomic E-state index is 0.0935. The molecule has 0 saturated carbocycles. The van der Waals surface area contributed by atoms with Gasteiger partial charge in [-0.1, -0.05) is 155 Å². The number of aromatic nitrogens is 4. The summed E-state index contributed by atoms with van der Waals surface area (Å²) in [6, 6.07) is 61.1. The van der Waals surface area contributed by atoms with Crippen LogP contribution < -0.4 is 0 Å². The highest BCUT2D eigenvalue weighted by Gasteiger charge is 2.38. The zero-order valence-electron chi connectivity index (χ0n) is 33.9. The summed E-state index contributed by atoms with van der Waals surface area (Å²) in [5.74, 6) is 1.93. The zero-order chi connectivity index (χ0) is 39.9. The SMILES string of the molecule is CC1(C)CCC(C)(C)c2cc3c(cc21)c1ccccc1n3-c1cccc(-c2nc(-c3ccc(-c4ccc5ccccc5c4)cc3)nc(-c3ccc4ccccc4c3)n2)c1. The van der Waals surface area contributed by atoms with Gasteiger partial charge in [-0.3, -0.25) is 0 Å². The molecule has 2 heterocycles. The van der Waals surface area contributed by atoms with E-state index in [-0.39, 0.29) is 10.8 Å². The lowest BCUT2D eigenvalue weighted by molar-refractivity contribution is 0.332. The van der Waals surface area contributed by atoms with Crippen LogP contribution in [0.3, 0.4) is 0 Å². The summed E-state index contributed by atoms with van der Waals surface area (Å²) in [4.78, 5) is 15.6. The Kier molecular flexibility index (Phi) is 7.96. The maximum absolute atomic E-state index is 5.21. The molecule has 8 aromatic carbocycles. The lowest BCUT2D eigenvalue weighted by atomic mass is 9.63. The van der Waals surface area contributed by atoms with E-state index in [9.17, 15) is 0 Å². The Morgan fingerprint density at radius 2 is 0.881 bits per heavy atom. The summed E-state index contributed by atoms with van der Waals surface area (Å²) >= 11 is 0. The van der Waals surface area contributed by atoms with Crippen molar-refractivity contribution in [3.63, 3.8) is 0 Å². The number of benzene rings is 8. The molecule has 0 unspecified atom stereocenters. The normalized spacial score (nSPS) is 14.6. The first kappa shape index (κ1) is 35.3. The molecule has 0 N–H and O–H groups in total. The molecule has 0 fully saturated rings. The third kappa shape index (κ3) is 6.01. The topological polar surface area (TPSA) is 43.6 Å². The van der Waals surface area contributed by atoms with E-state index in [2.05, 4.69) is 202 Å². The standard InChI is InChI=1S/C55H44N4/c1-54(2)28-29-55(3,4)48-34-50-46(33-47(48)54)45-18-9-10-19-49(45)59(50)44-17-11-16-42(32-44)52-56-51(57-53(58-52)43-27-23-36-13-6-8-15-40(36)31-43)38-24-20-37(21-25-38)41-26-22-35-12-5-7-14-39(35)30-41/h5-27,30-34H,28-29H2,1-4H3. The Morgan fingerprint density at radius 1 is 0.373 bits per heavy atom. The van der Waals surface area contributed by atoms with Gasteiger partial charge in [0, 0.05) is 33.2 Å². The van der Waals surface area contributed by atoms with Crippen LogP contribution in [0.2, 0.25) is 0 Å². The van der Waals surface area contributed by atoms with Gasteiger partial charge in [-0.2, -0.15) is 0 Å². The van der Waals surface area contributed by atoms with Crippen molar-refractivity contribution < 1.29 is 0 Å². The fourth-order valence-electron chi connectivity index (χ4n) is 9.36. The van der Waals surface area contributed by atoms with E-state index in [1.165, 1.54) is 67.5 Å². The minimum absolute atomic E-state index is 0.0935. The molecule has 59 heavy (non-hydrogen) atoms. The smallest absolute Gasteiger partial charge is 0.164 e. The van der Waals surface area contributed by atoms with E-state index >= 15 is 0 Å². The molecular weight excluding hydrogens is 717 g/mol. The molecule has 1 aliphatic rings. The number of hydrogen-bond donors (Lipinski definition) is 0. The highest BCUT2D eigenvalue weighted by atomic mass is 15.0. The number of nitrogens with zero attached hydrogens (tertiary/aromatic N) is 4. The second-order valence-corrected chi connectivity index (χ2v) is 17.6. The fraction of sp³-hybridized carbons (Fsp3) is 0.145. The molecule has 0 spiro atoms. The molecule has 284 valence electrons. The zero-order valence-corrected chi connectivity index (χ0v) is 33.9. The lowest BCUT2D eigenvalue weighted by Crippen LogP contribution is -2.33. The molecule has 0 aliphatic heterocycles. The van der Waals surface area contributed by atoms with Crippen molar-refractivity contribution in [3.05, 3.63) is 181 Å². The summed E-state index contributed by atoms with van der Waals surface area (Å²) in [7, 11) is 0. The third-order valence-corrected chi connectivity index (χ3v) is 12.9. The van der Waals surface area contributed by atoms with Crippen molar-refractivity contribution in [2.45, 2.75) is 51.4 Å². The molecular formula is C55H44N4. The molecule has 0 bridgehead atoms.